The van der Waals surface area contributed by atoms with Crippen molar-refractivity contribution in [3.8, 4) is 16.9 Å². The minimum Gasteiger partial charge on any atom is -0.340 e. The van der Waals surface area contributed by atoms with Crippen LogP contribution < -0.4 is 5.32 Å². The van der Waals surface area contributed by atoms with Crippen LogP contribution in [0.3, 0.4) is 0 Å². The lowest BCUT2D eigenvalue weighted by Crippen LogP contribution is -2.22. The number of halogens is 1. The molecule has 0 saturated heterocycles. The molecule has 1 N–H and O–H groups in total. The Labute approximate surface area is 174 Å². The molecule has 0 saturated carbocycles. The number of aryl methyl sites for hydroxylation is 2. The number of carbonyl (C=O) groups is 1. The summed E-state index contributed by atoms with van der Waals surface area (Å²) in [6.07, 6.45) is 0. The maximum absolute atomic E-state index is 13.5. The van der Waals surface area contributed by atoms with Crippen LogP contribution in [-0.2, 0) is 0 Å². The molecular weight excluding hydrogens is 377 g/mol. The van der Waals surface area contributed by atoms with E-state index in [-0.39, 0.29) is 17.8 Å². The second-order valence-corrected chi connectivity index (χ2v) is 7.69. The zero-order valence-corrected chi connectivity index (χ0v) is 16.7. The number of rotatable bonds is 3. The van der Waals surface area contributed by atoms with Crippen LogP contribution in [0.2, 0.25) is 0 Å². The lowest BCUT2D eigenvalue weighted by Gasteiger charge is -2.17. The maximum atomic E-state index is 13.5. The monoisotopic (exact) mass is 397 g/mol. The van der Waals surface area contributed by atoms with E-state index >= 15 is 0 Å². The molecule has 1 aromatic heterocycles. The lowest BCUT2D eigenvalue weighted by molar-refractivity contribution is 0.0955. The molecular formula is C25H20FN3O. The van der Waals surface area contributed by atoms with Crippen molar-refractivity contribution in [2.45, 2.75) is 19.9 Å². The molecule has 0 fully saturated rings. The fourth-order valence-corrected chi connectivity index (χ4v) is 4.18. The van der Waals surface area contributed by atoms with Crippen LogP contribution in [0, 0.1) is 19.7 Å². The highest BCUT2D eigenvalue weighted by Gasteiger charge is 2.37. The minimum absolute atomic E-state index is 0.223. The Bertz CT molecular complexity index is 1240. The predicted octanol–water partition coefficient (Wildman–Crippen LogP) is 5.13. The Hall–Kier alpha value is -3.73. The minimum atomic E-state index is -0.386. The second-order valence-electron chi connectivity index (χ2n) is 7.69. The Morgan fingerprint density at radius 3 is 2.27 bits per heavy atom. The van der Waals surface area contributed by atoms with Gasteiger partial charge in [0.15, 0.2) is 5.69 Å². The van der Waals surface area contributed by atoms with Gasteiger partial charge in [0.2, 0.25) is 0 Å². The fraction of sp³-hybridized carbons (Fsp3) is 0.120. The van der Waals surface area contributed by atoms with E-state index in [4.69, 9.17) is 5.10 Å². The number of hydrogen-bond donors (Lipinski definition) is 1. The molecule has 0 aliphatic carbocycles. The van der Waals surface area contributed by atoms with Crippen LogP contribution in [0.5, 0.6) is 0 Å². The average molecular weight is 397 g/mol. The summed E-state index contributed by atoms with van der Waals surface area (Å²) in [5.74, 6) is -0.530. The summed E-state index contributed by atoms with van der Waals surface area (Å²) in [5, 5.41) is 7.73. The van der Waals surface area contributed by atoms with Crippen molar-refractivity contribution in [2.75, 3.05) is 0 Å². The normalized spacial score (nSPS) is 15.2. The van der Waals surface area contributed by atoms with Crippen LogP contribution in [0.1, 0.15) is 38.8 Å². The number of aromatic nitrogens is 2. The lowest BCUT2D eigenvalue weighted by atomic mass is 9.96. The number of nitrogens with one attached hydrogen (secondary N) is 1. The summed E-state index contributed by atoms with van der Waals surface area (Å²) in [7, 11) is 0. The Kier molecular flexibility index (Phi) is 4.24. The second kappa shape index (κ2) is 6.95. The van der Waals surface area contributed by atoms with Gasteiger partial charge in [-0.2, -0.15) is 5.10 Å². The van der Waals surface area contributed by atoms with Crippen LogP contribution in [0.25, 0.3) is 16.9 Å². The fourth-order valence-electron chi connectivity index (χ4n) is 4.18. The topological polar surface area (TPSA) is 46.9 Å². The van der Waals surface area contributed by atoms with E-state index in [0.29, 0.717) is 5.69 Å². The molecule has 1 unspecified atom stereocenters. The molecule has 1 atom stereocenters. The third-order valence-electron chi connectivity index (χ3n) is 5.40. The van der Waals surface area contributed by atoms with E-state index in [1.165, 1.54) is 12.1 Å². The molecule has 0 radical (unpaired) electrons. The standard InChI is InChI=1S/C25H20FN3O/c1-15-12-16(2)14-20(13-15)29-24(18-6-4-3-5-7-18)21-22(27-25(30)23(21)28-29)17-8-10-19(26)11-9-17/h3-14,22H,1-2H3,(H,27,30). The Morgan fingerprint density at radius 2 is 1.60 bits per heavy atom. The average Bonchev–Trinajstić information content (AvgIpc) is 3.27. The summed E-state index contributed by atoms with van der Waals surface area (Å²) in [5.41, 5.74) is 7.03. The molecule has 5 heteroatoms. The van der Waals surface area contributed by atoms with Gasteiger partial charge in [-0.3, -0.25) is 4.79 Å². The predicted molar refractivity (Wildman–Crippen MR) is 114 cm³/mol. The summed E-state index contributed by atoms with van der Waals surface area (Å²) in [6.45, 7) is 4.09. The van der Waals surface area contributed by atoms with Crippen molar-refractivity contribution >= 4 is 5.91 Å². The molecule has 148 valence electrons. The van der Waals surface area contributed by atoms with Crippen molar-refractivity contribution < 1.29 is 9.18 Å². The van der Waals surface area contributed by atoms with Crippen LogP contribution in [0.15, 0.2) is 72.8 Å². The van der Waals surface area contributed by atoms with Crippen molar-refractivity contribution in [1.82, 2.24) is 15.1 Å². The molecule has 4 nitrogen and oxygen atoms in total. The highest BCUT2D eigenvalue weighted by molar-refractivity contribution is 6.00. The van der Waals surface area contributed by atoms with E-state index in [2.05, 4.69) is 23.5 Å². The first-order valence-electron chi connectivity index (χ1n) is 9.84. The molecule has 5 rings (SSSR count). The zero-order chi connectivity index (χ0) is 20.8. The number of fused-ring (bicyclic) bond motifs is 1. The van der Waals surface area contributed by atoms with E-state index in [9.17, 15) is 9.18 Å². The van der Waals surface area contributed by atoms with Crippen molar-refractivity contribution in [3.63, 3.8) is 0 Å². The number of benzene rings is 3. The van der Waals surface area contributed by atoms with E-state index in [0.717, 1.165) is 39.2 Å². The first-order chi connectivity index (χ1) is 14.5. The molecule has 4 aromatic rings. The number of carbonyl (C=O) groups excluding carboxylic acids is 1. The molecule has 2 heterocycles. The Morgan fingerprint density at radius 1 is 0.933 bits per heavy atom. The number of nitrogens with zero attached hydrogens (tertiary/aromatic N) is 2. The van der Waals surface area contributed by atoms with Gasteiger partial charge in [-0.25, -0.2) is 9.07 Å². The van der Waals surface area contributed by atoms with Gasteiger partial charge in [0.1, 0.15) is 5.82 Å². The maximum Gasteiger partial charge on any atom is 0.272 e. The Balaban J connectivity index is 1.78. The van der Waals surface area contributed by atoms with Gasteiger partial charge in [-0.1, -0.05) is 48.5 Å². The summed E-state index contributed by atoms with van der Waals surface area (Å²) < 4.78 is 15.3. The smallest absolute Gasteiger partial charge is 0.272 e. The van der Waals surface area contributed by atoms with Crippen LogP contribution >= 0.6 is 0 Å². The van der Waals surface area contributed by atoms with Gasteiger partial charge in [0.05, 0.1) is 17.4 Å². The van der Waals surface area contributed by atoms with E-state index in [1.807, 2.05) is 48.9 Å². The third kappa shape index (κ3) is 2.99. The SMILES string of the molecule is Cc1cc(C)cc(-n2nc3c(c2-c2ccccc2)C(c2ccc(F)cc2)NC3=O)c1. The van der Waals surface area contributed by atoms with Gasteiger partial charge in [0, 0.05) is 11.1 Å². The van der Waals surface area contributed by atoms with Crippen molar-refractivity contribution in [1.29, 1.82) is 0 Å². The third-order valence-corrected chi connectivity index (χ3v) is 5.40. The largest absolute Gasteiger partial charge is 0.340 e. The molecule has 0 spiro atoms. The summed E-state index contributed by atoms with van der Waals surface area (Å²) in [4.78, 5) is 12.8. The van der Waals surface area contributed by atoms with Gasteiger partial charge in [0.25, 0.3) is 5.91 Å². The molecule has 30 heavy (non-hydrogen) atoms. The van der Waals surface area contributed by atoms with Crippen molar-refractivity contribution in [2.24, 2.45) is 0 Å². The van der Waals surface area contributed by atoms with Gasteiger partial charge in [-0.05, 0) is 54.8 Å². The highest BCUT2D eigenvalue weighted by atomic mass is 19.1. The van der Waals surface area contributed by atoms with Gasteiger partial charge in [-0.15, -0.1) is 0 Å². The summed E-state index contributed by atoms with van der Waals surface area (Å²) >= 11 is 0. The van der Waals surface area contributed by atoms with E-state index < -0.39 is 0 Å². The van der Waals surface area contributed by atoms with Gasteiger partial charge < -0.3 is 5.32 Å². The molecule has 1 amide bonds. The number of amides is 1. The van der Waals surface area contributed by atoms with Crippen LogP contribution in [0.4, 0.5) is 4.39 Å². The molecule has 1 aliphatic rings. The highest BCUT2D eigenvalue weighted by Crippen LogP contribution is 2.39. The molecule has 3 aromatic carbocycles. The molecule has 0 bridgehead atoms. The molecule has 1 aliphatic heterocycles. The summed E-state index contributed by atoms with van der Waals surface area (Å²) in [6, 6.07) is 22.0. The zero-order valence-electron chi connectivity index (χ0n) is 16.7. The quantitative estimate of drug-likeness (QED) is 0.521. The first kappa shape index (κ1) is 18.3. The van der Waals surface area contributed by atoms with Crippen molar-refractivity contribution in [3.05, 3.63) is 107 Å². The van der Waals surface area contributed by atoms with E-state index in [1.54, 1.807) is 12.1 Å². The first-order valence-corrected chi connectivity index (χ1v) is 9.84. The van der Waals surface area contributed by atoms with Crippen LogP contribution in [-0.4, -0.2) is 15.7 Å². The van der Waals surface area contributed by atoms with Gasteiger partial charge >= 0.3 is 0 Å². The number of hydrogen-bond acceptors (Lipinski definition) is 2.